The van der Waals surface area contributed by atoms with Crippen LogP contribution in [0.4, 0.5) is 0 Å². The first kappa shape index (κ1) is 18.9. The van der Waals surface area contributed by atoms with Crippen LogP contribution < -0.4 is 10.6 Å². The van der Waals surface area contributed by atoms with E-state index in [1.165, 1.54) is 18.4 Å². The Balaban J connectivity index is 2.13. The number of benzene rings is 1. The Labute approximate surface area is 143 Å². The number of nitrogens with one attached hydrogen (secondary N) is 2. The Hall–Kier alpha value is -1.48. The van der Waals surface area contributed by atoms with Gasteiger partial charge in [0.1, 0.15) is 6.04 Å². The molecule has 24 heavy (non-hydrogen) atoms. The van der Waals surface area contributed by atoms with Gasteiger partial charge in [-0.15, -0.1) is 0 Å². The number of hydrogen-bond donors (Lipinski definition) is 2. The highest BCUT2D eigenvalue weighted by atomic mass is 32.2. The first-order valence-electron chi connectivity index (χ1n) is 7.91. The molecule has 2 rings (SSSR count). The summed E-state index contributed by atoms with van der Waals surface area (Å²) < 4.78 is 31.1. The molecule has 8 heteroatoms. The number of ether oxygens (including phenoxy) is 1. The second-order valence-corrected chi connectivity index (χ2v) is 8.25. The van der Waals surface area contributed by atoms with Crippen molar-refractivity contribution in [3.63, 3.8) is 0 Å². The summed E-state index contributed by atoms with van der Waals surface area (Å²) in [6.07, 6.45) is -0.202. The van der Waals surface area contributed by atoms with E-state index in [9.17, 15) is 13.2 Å². The average Bonchev–Trinajstić information content (AvgIpc) is 2.55. The Morgan fingerprint density at radius 1 is 1.42 bits per heavy atom. The topological polar surface area (TPSA) is 87.7 Å². The van der Waals surface area contributed by atoms with E-state index in [2.05, 4.69) is 10.6 Å². The van der Waals surface area contributed by atoms with Gasteiger partial charge in [0.2, 0.25) is 15.9 Å². The highest BCUT2D eigenvalue weighted by Gasteiger charge is 2.29. The van der Waals surface area contributed by atoms with Crippen molar-refractivity contribution in [1.82, 2.24) is 14.9 Å². The average molecular weight is 355 g/mol. The fraction of sp³-hybridized carbons (Fsp3) is 0.562. The van der Waals surface area contributed by atoms with E-state index in [1.54, 1.807) is 24.3 Å². The van der Waals surface area contributed by atoms with Crippen molar-refractivity contribution in [3.05, 3.63) is 29.8 Å². The molecular weight excluding hydrogens is 330 g/mol. The van der Waals surface area contributed by atoms with Crippen molar-refractivity contribution in [3.8, 4) is 0 Å². The number of sulfonamides is 1. The molecule has 1 aliphatic heterocycles. The third kappa shape index (κ3) is 4.13. The van der Waals surface area contributed by atoms with Crippen molar-refractivity contribution >= 4 is 15.9 Å². The van der Waals surface area contributed by atoms with Crippen LogP contribution in [0.3, 0.4) is 0 Å². The zero-order chi connectivity index (χ0) is 17.9. The normalized spacial score (nSPS) is 23.0. The van der Waals surface area contributed by atoms with E-state index in [0.717, 1.165) is 5.56 Å². The summed E-state index contributed by atoms with van der Waals surface area (Å²) in [4.78, 5) is 12.6. The maximum atomic E-state index is 12.4. The number of nitrogens with zero attached hydrogens (tertiary/aromatic N) is 1. The van der Waals surface area contributed by atoms with Crippen molar-refractivity contribution in [2.24, 2.45) is 0 Å². The van der Waals surface area contributed by atoms with Gasteiger partial charge in [-0.1, -0.05) is 12.1 Å². The molecule has 1 saturated heterocycles. The molecule has 1 unspecified atom stereocenters. The van der Waals surface area contributed by atoms with Gasteiger partial charge in [0.15, 0.2) is 0 Å². The van der Waals surface area contributed by atoms with E-state index < -0.39 is 16.1 Å². The minimum atomic E-state index is -3.50. The molecule has 1 amide bonds. The smallest absolute Gasteiger partial charge is 0.242 e. The lowest BCUT2D eigenvalue weighted by molar-refractivity contribution is -0.129. The van der Waals surface area contributed by atoms with Gasteiger partial charge in [-0.05, 0) is 31.5 Å². The molecule has 0 spiro atoms. The lowest BCUT2D eigenvalue weighted by atomic mass is 10.1. The molecular formula is C16H25N3O4S. The molecule has 2 N–H and O–H groups in total. The van der Waals surface area contributed by atoms with Crippen LogP contribution in [0.1, 0.15) is 25.5 Å². The summed E-state index contributed by atoms with van der Waals surface area (Å²) >= 11 is 0. The monoisotopic (exact) mass is 355 g/mol. The number of carbonyl (C=O) groups is 1. The van der Waals surface area contributed by atoms with Gasteiger partial charge in [0.05, 0.1) is 23.6 Å². The third-order valence-corrected chi connectivity index (χ3v) is 5.91. The SMILES string of the molecule is CC(NC(=O)[C@H]1NCCO[C@@H]1C)c1cccc(S(=O)(=O)N(C)C)c1. The van der Waals surface area contributed by atoms with E-state index in [0.29, 0.717) is 13.2 Å². The summed E-state index contributed by atoms with van der Waals surface area (Å²) in [5.74, 6) is -0.157. The molecule has 1 aliphatic rings. The lowest BCUT2D eigenvalue weighted by Crippen LogP contribution is -2.55. The number of rotatable bonds is 5. The maximum absolute atomic E-state index is 12.4. The van der Waals surface area contributed by atoms with Crippen LogP contribution in [0.2, 0.25) is 0 Å². The van der Waals surface area contributed by atoms with Gasteiger partial charge in [0.25, 0.3) is 0 Å². The third-order valence-electron chi connectivity index (χ3n) is 4.09. The molecule has 134 valence electrons. The summed E-state index contributed by atoms with van der Waals surface area (Å²) in [6.45, 7) is 4.90. The van der Waals surface area contributed by atoms with Gasteiger partial charge >= 0.3 is 0 Å². The number of amides is 1. The standard InChI is InChI=1S/C16H25N3O4S/c1-11(18-16(20)15-12(2)23-9-8-17-15)13-6-5-7-14(10-13)24(21,22)19(3)4/h5-7,10-12,15,17H,8-9H2,1-4H3,(H,18,20)/t11?,12-,15+/m1/s1. The van der Waals surface area contributed by atoms with Crippen LogP contribution in [0.25, 0.3) is 0 Å². The summed E-state index contributed by atoms with van der Waals surface area (Å²) in [5.41, 5.74) is 0.732. The van der Waals surface area contributed by atoms with E-state index in [4.69, 9.17) is 4.74 Å². The Morgan fingerprint density at radius 2 is 2.12 bits per heavy atom. The number of morpholine rings is 1. The van der Waals surface area contributed by atoms with Crippen LogP contribution in [-0.4, -0.2) is 58.0 Å². The zero-order valence-electron chi connectivity index (χ0n) is 14.4. The second-order valence-electron chi connectivity index (χ2n) is 6.10. The first-order valence-corrected chi connectivity index (χ1v) is 9.35. The number of carbonyl (C=O) groups excluding carboxylic acids is 1. The molecule has 1 aromatic rings. The second kappa shape index (κ2) is 7.60. The van der Waals surface area contributed by atoms with Crippen molar-refractivity contribution < 1.29 is 17.9 Å². The van der Waals surface area contributed by atoms with Crippen LogP contribution >= 0.6 is 0 Å². The predicted octanol–water partition coefficient (Wildman–Crippen LogP) is 0.491. The molecule has 1 fully saturated rings. The predicted molar refractivity (Wildman–Crippen MR) is 91.1 cm³/mol. The van der Waals surface area contributed by atoms with E-state index in [-0.39, 0.29) is 22.9 Å². The zero-order valence-corrected chi connectivity index (χ0v) is 15.3. The fourth-order valence-corrected chi connectivity index (χ4v) is 3.53. The molecule has 1 aromatic carbocycles. The molecule has 7 nitrogen and oxygen atoms in total. The maximum Gasteiger partial charge on any atom is 0.242 e. The van der Waals surface area contributed by atoms with Gasteiger partial charge in [-0.2, -0.15) is 0 Å². The highest BCUT2D eigenvalue weighted by molar-refractivity contribution is 7.89. The Morgan fingerprint density at radius 3 is 2.75 bits per heavy atom. The molecule has 0 saturated carbocycles. The van der Waals surface area contributed by atoms with Crippen molar-refractivity contribution in [1.29, 1.82) is 0 Å². The highest BCUT2D eigenvalue weighted by Crippen LogP contribution is 2.20. The van der Waals surface area contributed by atoms with Gasteiger partial charge < -0.3 is 15.4 Å². The minimum absolute atomic E-state index is 0.157. The summed E-state index contributed by atoms with van der Waals surface area (Å²) in [7, 11) is -0.523. The Kier molecular flexibility index (Phi) is 5.97. The molecule has 0 aliphatic carbocycles. The van der Waals surface area contributed by atoms with Crippen LogP contribution in [0, 0.1) is 0 Å². The molecule has 0 radical (unpaired) electrons. The Bertz CT molecular complexity index is 690. The fourth-order valence-electron chi connectivity index (χ4n) is 2.57. The first-order chi connectivity index (χ1) is 11.2. The van der Waals surface area contributed by atoms with Crippen LogP contribution in [0.15, 0.2) is 29.2 Å². The molecule has 0 bridgehead atoms. The summed E-state index contributed by atoms with van der Waals surface area (Å²) in [5, 5.41) is 6.05. The molecule has 1 heterocycles. The molecule has 0 aromatic heterocycles. The van der Waals surface area contributed by atoms with Crippen molar-refractivity contribution in [2.75, 3.05) is 27.2 Å². The minimum Gasteiger partial charge on any atom is -0.375 e. The van der Waals surface area contributed by atoms with Crippen molar-refractivity contribution in [2.45, 2.75) is 36.9 Å². The van der Waals surface area contributed by atoms with Crippen LogP contribution in [0.5, 0.6) is 0 Å². The van der Waals surface area contributed by atoms with Gasteiger partial charge in [-0.25, -0.2) is 12.7 Å². The van der Waals surface area contributed by atoms with Gasteiger partial charge in [0, 0.05) is 20.6 Å². The number of hydrogen-bond acceptors (Lipinski definition) is 5. The lowest BCUT2D eigenvalue weighted by Gasteiger charge is -2.30. The van der Waals surface area contributed by atoms with E-state index >= 15 is 0 Å². The molecule has 3 atom stereocenters. The van der Waals surface area contributed by atoms with Crippen LogP contribution in [-0.2, 0) is 19.6 Å². The largest absolute Gasteiger partial charge is 0.375 e. The quantitative estimate of drug-likeness (QED) is 0.803. The van der Waals surface area contributed by atoms with Gasteiger partial charge in [-0.3, -0.25) is 4.79 Å². The van der Waals surface area contributed by atoms with E-state index in [1.807, 2.05) is 13.8 Å². The summed E-state index contributed by atoms with van der Waals surface area (Å²) in [6, 6.07) is 5.90.